The van der Waals surface area contributed by atoms with E-state index in [0.717, 1.165) is 0 Å². The number of hydrogen-bond acceptors (Lipinski definition) is 6. The van der Waals surface area contributed by atoms with Crippen molar-refractivity contribution in [3.8, 4) is 0 Å². The van der Waals surface area contributed by atoms with E-state index in [0.29, 0.717) is 21.7 Å². The van der Waals surface area contributed by atoms with Crippen molar-refractivity contribution < 1.29 is 9.72 Å². The Kier molecular flexibility index (Phi) is 5.97. The van der Waals surface area contributed by atoms with E-state index < -0.39 is 10.2 Å². The second-order valence-electron chi connectivity index (χ2n) is 6.73. The Morgan fingerprint density at radius 3 is 2.41 bits per heavy atom. The zero-order chi connectivity index (χ0) is 21.1. The summed E-state index contributed by atoms with van der Waals surface area (Å²) in [6.45, 7) is 5.50. The molecule has 150 valence electrons. The average molecular weight is 412 g/mol. The second-order valence-corrected chi connectivity index (χ2v) is 8.04. The molecule has 1 N–H and O–H groups in total. The molecule has 0 saturated heterocycles. The Morgan fingerprint density at radius 1 is 1.14 bits per heavy atom. The first kappa shape index (κ1) is 20.5. The van der Waals surface area contributed by atoms with E-state index in [2.05, 4.69) is 10.3 Å². The first-order valence-corrected chi connectivity index (χ1v) is 9.89. The number of non-ortho nitro benzene ring substituents is 1. The van der Waals surface area contributed by atoms with Crippen LogP contribution < -0.4 is 10.9 Å². The highest BCUT2D eigenvalue weighted by molar-refractivity contribution is 8.00. The fourth-order valence-corrected chi connectivity index (χ4v) is 3.83. The number of carbonyl (C=O) groups excluding carboxylic acids is 1. The Bertz CT molecular complexity index is 1130. The van der Waals surface area contributed by atoms with Gasteiger partial charge in [-0.2, -0.15) is 0 Å². The molecule has 0 spiro atoms. The highest BCUT2D eigenvalue weighted by Gasteiger charge is 2.21. The highest BCUT2D eigenvalue weighted by Crippen LogP contribution is 2.26. The summed E-state index contributed by atoms with van der Waals surface area (Å²) in [4.78, 5) is 40.3. The summed E-state index contributed by atoms with van der Waals surface area (Å²) in [7, 11) is 0. The standard InChI is InChI=1S/C20H20N4O4S/c1-12(2)23-19(26)16-6-4-5-7-17(16)22-20(23)29-13(3)18(25)21-14-8-10-15(11-9-14)24(27)28/h4-13H,1-3H3,(H,21,25). The number of benzene rings is 2. The molecule has 0 aliphatic rings. The predicted molar refractivity (Wildman–Crippen MR) is 113 cm³/mol. The molecule has 1 atom stereocenters. The molecule has 0 radical (unpaired) electrons. The van der Waals surface area contributed by atoms with Gasteiger partial charge in [-0.25, -0.2) is 4.98 Å². The van der Waals surface area contributed by atoms with Crippen LogP contribution in [0.2, 0.25) is 0 Å². The van der Waals surface area contributed by atoms with Crippen LogP contribution in [-0.4, -0.2) is 25.6 Å². The van der Waals surface area contributed by atoms with Gasteiger partial charge in [-0.15, -0.1) is 0 Å². The molecule has 0 bridgehead atoms. The van der Waals surface area contributed by atoms with E-state index in [4.69, 9.17) is 0 Å². The third-order valence-electron chi connectivity index (χ3n) is 4.29. The van der Waals surface area contributed by atoms with Crippen LogP contribution in [0.1, 0.15) is 26.8 Å². The van der Waals surface area contributed by atoms with E-state index in [1.807, 2.05) is 19.9 Å². The van der Waals surface area contributed by atoms with Gasteiger partial charge in [-0.05, 0) is 45.0 Å². The maximum absolute atomic E-state index is 12.9. The molecule has 29 heavy (non-hydrogen) atoms. The largest absolute Gasteiger partial charge is 0.325 e. The van der Waals surface area contributed by atoms with E-state index in [1.54, 1.807) is 29.7 Å². The Morgan fingerprint density at radius 2 is 1.79 bits per heavy atom. The van der Waals surface area contributed by atoms with Crippen LogP contribution in [0.4, 0.5) is 11.4 Å². The van der Waals surface area contributed by atoms with Crippen molar-refractivity contribution in [1.29, 1.82) is 0 Å². The van der Waals surface area contributed by atoms with Crippen molar-refractivity contribution >= 4 is 39.9 Å². The third-order valence-corrected chi connectivity index (χ3v) is 5.36. The number of fused-ring (bicyclic) bond motifs is 1. The zero-order valence-electron chi connectivity index (χ0n) is 16.2. The third kappa shape index (κ3) is 4.45. The van der Waals surface area contributed by atoms with Crippen molar-refractivity contribution in [2.45, 2.75) is 37.2 Å². The van der Waals surface area contributed by atoms with Gasteiger partial charge in [0.2, 0.25) is 5.91 Å². The number of carbonyl (C=O) groups is 1. The molecule has 1 unspecified atom stereocenters. The number of aromatic nitrogens is 2. The minimum Gasteiger partial charge on any atom is -0.325 e. The quantitative estimate of drug-likeness (QED) is 0.284. The van der Waals surface area contributed by atoms with Crippen LogP contribution in [0.3, 0.4) is 0 Å². The second kappa shape index (κ2) is 8.44. The SMILES string of the molecule is CC(Sc1nc2ccccc2c(=O)n1C(C)C)C(=O)Nc1ccc([N+](=O)[O-])cc1. The van der Waals surface area contributed by atoms with Crippen molar-refractivity contribution in [3.63, 3.8) is 0 Å². The molecule has 1 amide bonds. The smallest absolute Gasteiger partial charge is 0.269 e. The fraction of sp³-hybridized carbons (Fsp3) is 0.250. The Hall–Kier alpha value is -3.20. The molecule has 0 aliphatic carbocycles. The van der Waals surface area contributed by atoms with Crippen LogP contribution in [-0.2, 0) is 4.79 Å². The Balaban J connectivity index is 1.84. The van der Waals surface area contributed by atoms with Crippen molar-refractivity contribution in [3.05, 3.63) is 69.0 Å². The number of rotatable bonds is 6. The van der Waals surface area contributed by atoms with E-state index in [1.165, 1.54) is 36.0 Å². The minimum absolute atomic E-state index is 0.0493. The lowest BCUT2D eigenvalue weighted by Gasteiger charge is -2.18. The normalized spacial score (nSPS) is 12.1. The van der Waals surface area contributed by atoms with E-state index in [9.17, 15) is 19.7 Å². The molecular weight excluding hydrogens is 392 g/mol. The lowest BCUT2D eigenvalue weighted by Crippen LogP contribution is -2.28. The van der Waals surface area contributed by atoms with Crippen LogP contribution >= 0.6 is 11.8 Å². The molecule has 0 fully saturated rings. The number of para-hydroxylation sites is 1. The van der Waals surface area contributed by atoms with Crippen molar-refractivity contribution in [2.24, 2.45) is 0 Å². The molecular formula is C20H20N4O4S. The number of thioether (sulfide) groups is 1. The predicted octanol–water partition coefficient (Wildman–Crippen LogP) is 4.00. The first-order valence-electron chi connectivity index (χ1n) is 9.01. The first-order chi connectivity index (χ1) is 13.8. The lowest BCUT2D eigenvalue weighted by atomic mass is 10.2. The molecule has 0 aliphatic heterocycles. The molecule has 3 aromatic rings. The van der Waals surface area contributed by atoms with Crippen LogP contribution in [0.5, 0.6) is 0 Å². The fourth-order valence-electron chi connectivity index (χ4n) is 2.79. The maximum Gasteiger partial charge on any atom is 0.269 e. The average Bonchev–Trinajstić information content (AvgIpc) is 2.68. The molecule has 1 aromatic heterocycles. The van der Waals surface area contributed by atoms with Gasteiger partial charge in [-0.1, -0.05) is 23.9 Å². The van der Waals surface area contributed by atoms with Crippen LogP contribution in [0, 0.1) is 10.1 Å². The highest BCUT2D eigenvalue weighted by atomic mass is 32.2. The summed E-state index contributed by atoms with van der Waals surface area (Å²) in [6.07, 6.45) is 0. The number of nitro groups is 1. The molecule has 2 aromatic carbocycles. The number of anilines is 1. The monoisotopic (exact) mass is 412 g/mol. The summed E-state index contributed by atoms with van der Waals surface area (Å²) in [5.41, 5.74) is 0.850. The number of amides is 1. The summed E-state index contributed by atoms with van der Waals surface area (Å²) < 4.78 is 1.59. The number of hydrogen-bond donors (Lipinski definition) is 1. The molecule has 3 rings (SSSR count). The molecule has 1 heterocycles. The van der Waals surface area contributed by atoms with E-state index >= 15 is 0 Å². The number of nitrogens with one attached hydrogen (secondary N) is 1. The minimum atomic E-state index is -0.539. The Labute approximate surface area is 171 Å². The summed E-state index contributed by atoms with van der Waals surface area (Å²) >= 11 is 1.19. The van der Waals surface area contributed by atoms with E-state index in [-0.39, 0.29) is 23.2 Å². The van der Waals surface area contributed by atoms with Gasteiger partial charge in [0.25, 0.3) is 11.2 Å². The summed E-state index contributed by atoms with van der Waals surface area (Å²) in [6, 6.07) is 12.6. The van der Waals surface area contributed by atoms with Crippen molar-refractivity contribution in [2.75, 3.05) is 5.32 Å². The zero-order valence-corrected chi connectivity index (χ0v) is 17.0. The van der Waals surface area contributed by atoms with Crippen LogP contribution in [0.25, 0.3) is 10.9 Å². The lowest BCUT2D eigenvalue weighted by molar-refractivity contribution is -0.384. The van der Waals surface area contributed by atoms with Gasteiger partial charge in [0.15, 0.2) is 5.16 Å². The molecule has 9 heteroatoms. The summed E-state index contributed by atoms with van der Waals surface area (Å²) in [5, 5.41) is 13.9. The van der Waals surface area contributed by atoms with Gasteiger partial charge in [-0.3, -0.25) is 24.3 Å². The molecule has 0 saturated carbocycles. The van der Waals surface area contributed by atoms with Gasteiger partial charge < -0.3 is 5.32 Å². The topological polar surface area (TPSA) is 107 Å². The van der Waals surface area contributed by atoms with Crippen molar-refractivity contribution in [1.82, 2.24) is 9.55 Å². The maximum atomic E-state index is 12.9. The molecule has 8 nitrogen and oxygen atoms in total. The number of nitrogens with zero attached hydrogens (tertiary/aromatic N) is 3. The number of nitro benzene ring substituents is 1. The van der Waals surface area contributed by atoms with Gasteiger partial charge >= 0.3 is 0 Å². The summed E-state index contributed by atoms with van der Waals surface area (Å²) in [5.74, 6) is -0.290. The van der Waals surface area contributed by atoms with Gasteiger partial charge in [0.05, 0.1) is 21.1 Å². The van der Waals surface area contributed by atoms with Gasteiger partial charge in [0.1, 0.15) is 0 Å². The van der Waals surface area contributed by atoms with Crippen LogP contribution in [0.15, 0.2) is 58.5 Å². The van der Waals surface area contributed by atoms with Gasteiger partial charge in [0, 0.05) is 23.9 Å².